The number of para-hydroxylation sites is 1. The maximum absolute atomic E-state index is 12.0. The van der Waals surface area contributed by atoms with E-state index in [1.165, 1.54) is 11.8 Å². The molecule has 1 atom stereocenters. The van der Waals surface area contributed by atoms with E-state index in [0.717, 1.165) is 0 Å². The van der Waals surface area contributed by atoms with Crippen molar-refractivity contribution in [2.45, 2.75) is 32.2 Å². The van der Waals surface area contributed by atoms with Gasteiger partial charge in [0.15, 0.2) is 5.54 Å². The molecule has 5 nitrogen and oxygen atoms in total. The Kier molecular flexibility index (Phi) is 3.97. The predicted octanol–water partition coefficient (Wildman–Crippen LogP) is 2.01. The Labute approximate surface area is 118 Å². The van der Waals surface area contributed by atoms with Crippen molar-refractivity contribution < 1.29 is 19.4 Å². The third-order valence-electron chi connectivity index (χ3n) is 3.70. The van der Waals surface area contributed by atoms with Crippen molar-refractivity contribution in [3.05, 3.63) is 29.8 Å². The summed E-state index contributed by atoms with van der Waals surface area (Å²) in [6, 6.07) is 7.05. The van der Waals surface area contributed by atoms with E-state index in [0.29, 0.717) is 24.3 Å². The second-order valence-electron chi connectivity index (χ2n) is 4.93. The number of ether oxygens (including phenoxy) is 1. The molecule has 0 spiro atoms. The maximum atomic E-state index is 12.0. The monoisotopic (exact) mass is 277 g/mol. The lowest BCUT2D eigenvalue weighted by molar-refractivity contribution is -0.162. The number of rotatable bonds is 4. The fourth-order valence-electron chi connectivity index (χ4n) is 2.84. The number of hydrogen-bond donors (Lipinski definition) is 1. The van der Waals surface area contributed by atoms with Gasteiger partial charge >= 0.3 is 5.97 Å². The average Bonchev–Trinajstić information content (AvgIpc) is 2.43. The van der Waals surface area contributed by atoms with Gasteiger partial charge in [-0.25, -0.2) is 4.79 Å². The van der Waals surface area contributed by atoms with Crippen molar-refractivity contribution in [3.63, 3.8) is 0 Å². The molecule has 0 radical (unpaired) electrons. The largest absolute Gasteiger partial charge is 0.493 e. The SMILES string of the molecule is CCCN(C(C)=O)C1(C(=O)O)CCOc2ccccc21. The highest BCUT2D eigenvalue weighted by molar-refractivity contribution is 5.88. The highest BCUT2D eigenvalue weighted by Crippen LogP contribution is 2.41. The Morgan fingerprint density at radius 1 is 1.40 bits per heavy atom. The first-order valence-electron chi connectivity index (χ1n) is 6.78. The summed E-state index contributed by atoms with van der Waals surface area (Å²) < 4.78 is 5.54. The van der Waals surface area contributed by atoms with Gasteiger partial charge in [0, 0.05) is 25.5 Å². The van der Waals surface area contributed by atoms with E-state index < -0.39 is 11.5 Å². The quantitative estimate of drug-likeness (QED) is 0.914. The highest BCUT2D eigenvalue weighted by Gasteiger charge is 2.50. The first-order chi connectivity index (χ1) is 9.54. The molecule has 2 rings (SSSR count). The number of carboxylic acids is 1. The van der Waals surface area contributed by atoms with E-state index in [1.807, 2.05) is 6.92 Å². The molecule has 1 heterocycles. The summed E-state index contributed by atoms with van der Waals surface area (Å²) in [5.74, 6) is -0.689. The van der Waals surface area contributed by atoms with E-state index in [1.54, 1.807) is 24.3 Å². The number of amides is 1. The van der Waals surface area contributed by atoms with Gasteiger partial charge in [-0.1, -0.05) is 25.1 Å². The van der Waals surface area contributed by atoms with Crippen LogP contribution < -0.4 is 4.74 Å². The van der Waals surface area contributed by atoms with Crippen molar-refractivity contribution in [1.82, 2.24) is 4.90 Å². The van der Waals surface area contributed by atoms with Crippen molar-refractivity contribution >= 4 is 11.9 Å². The zero-order valence-corrected chi connectivity index (χ0v) is 11.8. The second-order valence-corrected chi connectivity index (χ2v) is 4.93. The van der Waals surface area contributed by atoms with Crippen LogP contribution in [0.1, 0.15) is 32.3 Å². The molecule has 1 amide bonds. The molecule has 5 heteroatoms. The lowest BCUT2D eigenvalue weighted by Gasteiger charge is -2.43. The molecular formula is C15H19NO4. The van der Waals surface area contributed by atoms with Crippen LogP contribution in [0.4, 0.5) is 0 Å². The molecule has 1 unspecified atom stereocenters. The number of carbonyl (C=O) groups is 2. The number of nitrogens with zero attached hydrogens (tertiary/aromatic N) is 1. The standard InChI is InChI=1S/C15H19NO4/c1-3-9-16(11(2)17)15(14(18)19)8-10-20-13-7-5-4-6-12(13)15/h4-7H,3,8-10H2,1-2H3,(H,18,19). The van der Waals surface area contributed by atoms with Gasteiger partial charge < -0.3 is 14.7 Å². The molecule has 0 aromatic heterocycles. The van der Waals surface area contributed by atoms with E-state index in [-0.39, 0.29) is 18.9 Å². The molecule has 20 heavy (non-hydrogen) atoms. The maximum Gasteiger partial charge on any atom is 0.334 e. The fourth-order valence-corrected chi connectivity index (χ4v) is 2.84. The lowest BCUT2D eigenvalue weighted by Crippen LogP contribution is -2.56. The molecular weight excluding hydrogens is 258 g/mol. The molecule has 1 aromatic rings. The molecule has 1 aliphatic rings. The van der Waals surface area contributed by atoms with Crippen molar-refractivity contribution in [2.24, 2.45) is 0 Å². The summed E-state index contributed by atoms with van der Waals surface area (Å²) in [4.78, 5) is 25.4. The molecule has 1 aliphatic heterocycles. The van der Waals surface area contributed by atoms with Crippen LogP contribution in [0.25, 0.3) is 0 Å². The van der Waals surface area contributed by atoms with Crippen molar-refractivity contribution in [3.8, 4) is 5.75 Å². The third-order valence-corrected chi connectivity index (χ3v) is 3.70. The normalized spacial score (nSPS) is 20.7. The van der Waals surface area contributed by atoms with Crippen LogP contribution in [0.15, 0.2) is 24.3 Å². The van der Waals surface area contributed by atoms with E-state index >= 15 is 0 Å². The number of carbonyl (C=O) groups excluding carboxylic acids is 1. The molecule has 108 valence electrons. The number of aliphatic carboxylic acids is 1. The van der Waals surface area contributed by atoms with Crippen LogP contribution in [0.2, 0.25) is 0 Å². The average molecular weight is 277 g/mol. The Bertz CT molecular complexity index is 528. The molecule has 0 fully saturated rings. The summed E-state index contributed by atoms with van der Waals surface area (Å²) in [5, 5.41) is 9.83. The van der Waals surface area contributed by atoms with E-state index in [4.69, 9.17) is 4.74 Å². The van der Waals surface area contributed by atoms with Gasteiger partial charge in [-0.15, -0.1) is 0 Å². The Morgan fingerprint density at radius 2 is 2.10 bits per heavy atom. The first-order valence-corrected chi connectivity index (χ1v) is 6.78. The number of hydrogen-bond acceptors (Lipinski definition) is 3. The van der Waals surface area contributed by atoms with Crippen LogP contribution in [-0.2, 0) is 15.1 Å². The minimum Gasteiger partial charge on any atom is -0.493 e. The van der Waals surface area contributed by atoms with Gasteiger partial charge in [0.2, 0.25) is 5.91 Å². The molecule has 0 bridgehead atoms. The Hall–Kier alpha value is -2.04. The summed E-state index contributed by atoms with van der Waals surface area (Å²) in [6.07, 6.45) is 0.969. The second kappa shape index (κ2) is 5.53. The Balaban J connectivity index is 2.62. The number of fused-ring (bicyclic) bond motifs is 1. The van der Waals surface area contributed by atoms with Gasteiger partial charge in [-0.05, 0) is 12.5 Å². The van der Waals surface area contributed by atoms with Crippen molar-refractivity contribution in [1.29, 1.82) is 0 Å². The zero-order valence-electron chi connectivity index (χ0n) is 11.8. The molecule has 0 saturated heterocycles. The highest BCUT2D eigenvalue weighted by atomic mass is 16.5. The summed E-state index contributed by atoms with van der Waals surface area (Å²) in [5.41, 5.74) is -0.765. The number of carboxylic acid groups (broad SMARTS) is 1. The van der Waals surface area contributed by atoms with E-state index in [2.05, 4.69) is 0 Å². The van der Waals surface area contributed by atoms with Gasteiger partial charge in [0.1, 0.15) is 5.75 Å². The van der Waals surface area contributed by atoms with Crippen molar-refractivity contribution in [2.75, 3.05) is 13.2 Å². The smallest absolute Gasteiger partial charge is 0.334 e. The first kappa shape index (κ1) is 14.4. The van der Waals surface area contributed by atoms with Gasteiger partial charge in [0.25, 0.3) is 0 Å². The third kappa shape index (κ3) is 2.13. The Morgan fingerprint density at radius 3 is 2.70 bits per heavy atom. The molecule has 1 aromatic carbocycles. The topological polar surface area (TPSA) is 66.8 Å². The number of benzene rings is 1. The van der Waals surface area contributed by atoms with Crippen LogP contribution in [0.5, 0.6) is 5.75 Å². The zero-order chi connectivity index (χ0) is 14.8. The van der Waals surface area contributed by atoms with Gasteiger partial charge in [0.05, 0.1) is 6.61 Å². The fraction of sp³-hybridized carbons (Fsp3) is 0.467. The molecule has 1 N–H and O–H groups in total. The van der Waals surface area contributed by atoms with Crippen LogP contribution >= 0.6 is 0 Å². The summed E-state index contributed by atoms with van der Waals surface area (Å²) >= 11 is 0. The lowest BCUT2D eigenvalue weighted by atomic mass is 9.82. The minimum absolute atomic E-state index is 0.231. The molecule has 0 aliphatic carbocycles. The van der Waals surface area contributed by atoms with Gasteiger partial charge in [-0.2, -0.15) is 0 Å². The minimum atomic E-state index is -1.32. The summed E-state index contributed by atoms with van der Waals surface area (Å²) in [7, 11) is 0. The van der Waals surface area contributed by atoms with E-state index in [9.17, 15) is 14.7 Å². The predicted molar refractivity (Wildman–Crippen MR) is 73.5 cm³/mol. The van der Waals surface area contributed by atoms with Crippen LogP contribution in [0, 0.1) is 0 Å². The van der Waals surface area contributed by atoms with Gasteiger partial charge in [-0.3, -0.25) is 4.79 Å². The molecule has 0 saturated carbocycles. The summed E-state index contributed by atoms with van der Waals surface area (Å²) in [6.45, 7) is 4.04. The van der Waals surface area contributed by atoms with Crippen LogP contribution in [0.3, 0.4) is 0 Å². The van der Waals surface area contributed by atoms with Crippen LogP contribution in [-0.4, -0.2) is 35.0 Å².